The number of piperidine rings is 1. The molecule has 21 heavy (non-hydrogen) atoms. The van der Waals surface area contributed by atoms with E-state index in [2.05, 4.69) is 20.0 Å². The normalized spacial score (nSPS) is 17.0. The van der Waals surface area contributed by atoms with Crippen LogP contribution in [0, 0.1) is 12.8 Å². The van der Waals surface area contributed by atoms with Crippen LogP contribution in [0.15, 0.2) is 29.0 Å². The summed E-state index contributed by atoms with van der Waals surface area (Å²) in [7, 11) is 0. The van der Waals surface area contributed by atoms with Crippen molar-refractivity contribution in [2.45, 2.75) is 26.3 Å². The molecule has 112 valence electrons. The average molecular weight is 288 g/mol. The highest BCUT2D eigenvalue weighted by Gasteiger charge is 2.21. The maximum atomic E-state index is 5.63. The van der Waals surface area contributed by atoms with Gasteiger partial charge in [0.25, 0.3) is 0 Å². The molecule has 3 heterocycles. The molecule has 1 aliphatic rings. The van der Waals surface area contributed by atoms with E-state index in [0.29, 0.717) is 18.5 Å². The second-order valence-electron chi connectivity index (χ2n) is 5.50. The van der Waals surface area contributed by atoms with Gasteiger partial charge in [0.2, 0.25) is 0 Å². The van der Waals surface area contributed by atoms with Crippen molar-refractivity contribution >= 4 is 0 Å². The third kappa shape index (κ3) is 4.01. The molecule has 0 aliphatic carbocycles. The minimum Gasteiger partial charge on any atom is -0.463 e. The van der Waals surface area contributed by atoms with Crippen LogP contribution in [-0.4, -0.2) is 39.7 Å². The summed E-state index contributed by atoms with van der Waals surface area (Å²) in [5.41, 5.74) is 0.941. The molecular weight excluding hydrogens is 268 g/mol. The van der Waals surface area contributed by atoms with E-state index < -0.39 is 0 Å². The van der Waals surface area contributed by atoms with Crippen molar-refractivity contribution in [1.82, 2.24) is 20.0 Å². The summed E-state index contributed by atoms with van der Waals surface area (Å²) in [6.45, 7) is 5.60. The Morgan fingerprint density at radius 3 is 2.71 bits per heavy atom. The maximum absolute atomic E-state index is 5.63. The van der Waals surface area contributed by atoms with Gasteiger partial charge in [-0.2, -0.15) is 0 Å². The lowest BCUT2D eigenvalue weighted by molar-refractivity contribution is 0.124. The van der Waals surface area contributed by atoms with Gasteiger partial charge in [-0.1, -0.05) is 5.16 Å². The first kappa shape index (κ1) is 14.0. The fraction of sp³-hybridized carbons (Fsp3) is 0.533. The molecular formula is C15H20N4O2. The first-order valence-corrected chi connectivity index (χ1v) is 7.34. The van der Waals surface area contributed by atoms with Crippen molar-refractivity contribution in [3.63, 3.8) is 0 Å². The highest BCUT2D eigenvalue weighted by Crippen LogP contribution is 2.20. The Morgan fingerprint density at radius 1 is 1.29 bits per heavy atom. The summed E-state index contributed by atoms with van der Waals surface area (Å²) in [6.07, 6.45) is 5.65. The van der Waals surface area contributed by atoms with Crippen molar-refractivity contribution in [3.05, 3.63) is 36.0 Å². The van der Waals surface area contributed by atoms with Gasteiger partial charge >= 0.3 is 6.01 Å². The quantitative estimate of drug-likeness (QED) is 0.839. The molecule has 0 saturated carbocycles. The Labute approximate surface area is 124 Å². The van der Waals surface area contributed by atoms with E-state index in [1.54, 1.807) is 18.5 Å². The van der Waals surface area contributed by atoms with Gasteiger partial charge in [-0.3, -0.25) is 4.90 Å². The molecule has 6 nitrogen and oxygen atoms in total. The molecule has 0 spiro atoms. The van der Waals surface area contributed by atoms with Crippen LogP contribution in [0.5, 0.6) is 6.01 Å². The van der Waals surface area contributed by atoms with Crippen LogP contribution in [-0.2, 0) is 6.54 Å². The molecule has 3 rings (SSSR count). The highest BCUT2D eigenvalue weighted by atomic mass is 16.5. The lowest BCUT2D eigenvalue weighted by Crippen LogP contribution is -2.35. The third-order valence-electron chi connectivity index (χ3n) is 3.75. The summed E-state index contributed by atoms with van der Waals surface area (Å²) in [5, 5.41) is 3.92. The van der Waals surface area contributed by atoms with E-state index in [9.17, 15) is 0 Å². The number of hydrogen-bond acceptors (Lipinski definition) is 6. The fourth-order valence-corrected chi connectivity index (χ4v) is 2.57. The Bertz CT molecular complexity index is 550. The van der Waals surface area contributed by atoms with Crippen LogP contribution in [0.25, 0.3) is 0 Å². The smallest absolute Gasteiger partial charge is 0.316 e. The Kier molecular flexibility index (Phi) is 4.45. The summed E-state index contributed by atoms with van der Waals surface area (Å²) in [4.78, 5) is 10.5. The summed E-state index contributed by atoms with van der Waals surface area (Å²) in [5.74, 6) is 1.52. The van der Waals surface area contributed by atoms with Gasteiger partial charge < -0.3 is 9.26 Å². The lowest BCUT2D eigenvalue weighted by Gasteiger charge is -2.30. The van der Waals surface area contributed by atoms with Crippen molar-refractivity contribution in [1.29, 1.82) is 0 Å². The first-order chi connectivity index (χ1) is 10.3. The van der Waals surface area contributed by atoms with E-state index in [-0.39, 0.29) is 0 Å². The number of ether oxygens (including phenoxy) is 1. The molecule has 0 unspecified atom stereocenters. The van der Waals surface area contributed by atoms with E-state index >= 15 is 0 Å². The van der Waals surface area contributed by atoms with Gasteiger partial charge in [-0.05, 0) is 44.8 Å². The number of hydrogen-bond donors (Lipinski definition) is 0. The molecule has 2 aromatic rings. The number of aromatic nitrogens is 3. The molecule has 1 fully saturated rings. The van der Waals surface area contributed by atoms with Crippen LogP contribution in [0.4, 0.5) is 0 Å². The summed E-state index contributed by atoms with van der Waals surface area (Å²) >= 11 is 0. The van der Waals surface area contributed by atoms with Crippen molar-refractivity contribution < 1.29 is 9.26 Å². The second kappa shape index (κ2) is 6.67. The van der Waals surface area contributed by atoms with Gasteiger partial charge in [0, 0.05) is 18.5 Å². The fourth-order valence-electron chi connectivity index (χ4n) is 2.57. The van der Waals surface area contributed by atoms with Gasteiger partial charge in [0.15, 0.2) is 5.76 Å². The van der Waals surface area contributed by atoms with Crippen LogP contribution >= 0.6 is 0 Å². The zero-order valence-electron chi connectivity index (χ0n) is 12.2. The maximum Gasteiger partial charge on any atom is 0.316 e. The number of likely N-dealkylation sites (tertiary alicyclic amines) is 1. The summed E-state index contributed by atoms with van der Waals surface area (Å²) in [6, 6.07) is 4.26. The zero-order valence-corrected chi connectivity index (χ0v) is 12.2. The zero-order chi connectivity index (χ0) is 14.5. The topological polar surface area (TPSA) is 64.3 Å². The number of rotatable bonds is 5. The predicted octanol–water partition coefficient (Wildman–Crippen LogP) is 2.06. The molecule has 0 atom stereocenters. The molecule has 1 aliphatic heterocycles. The second-order valence-corrected chi connectivity index (χ2v) is 5.50. The van der Waals surface area contributed by atoms with Gasteiger partial charge in [-0.15, -0.1) is 0 Å². The monoisotopic (exact) mass is 288 g/mol. The largest absolute Gasteiger partial charge is 0.463 e. The van der Waals surface area contributed by atoms with Crippen molar-refractivity contribution in [2.24, 2.45) is 5.92 Å². The average Bonchev–Trinajstić information content (AvgIpc) is 2.93. The third-order valence-corrected chi connectivity index (χ3v) is 3.75. The molecule has 1 saturated heterocycles. The molecule has 0 amide bonds. The lowest BCUT2D eigenvalue weighted by atomic mass is 9.98. The molecule has 0 radical (unpaired) electrons. The molecule has 0 N–H and O–H groups in total. The SMILES string of the molecule is Cc1cc(CN2CCC(COc3ncccn3)CC2)on1. The minimum absolute atomic E-state index is 0.470. The van der Waals surface area contributed by atoms with Crippen LogP contribution < -0.4 is 4.74 Å². The molecule has 0 bridgehead atoms. The van der Waals surface area contributed by atoms with Gasteiger partial charge in [0.1, 0.15) is 0 Å². The molecule has 2 aromatic heterocycles. The van der Waals surface area contributed by atoms with E-state index in [4.69, 9.17) is 9.26 Å². The predicted molar refractivity (Wildman–Crippen MR) is 76.8 cm³/mol. The Morgan fingerprint density at radius 2 is 2.05 bits per heavy atom. The molecule has 0 aromatic carbocycles. The van der Waals surface area contributed by atoms with Crippen LogP contribution in [0.2, 0.25) is 0 Å². The minimum atomic E-state index is 0.470. The summed E-state index contributed by atoms with van der Waals surface area (Å²) < 4.78 is 10.9. The van der Waals surface area contributed by atoms with E-state index in [1.807, 2.05) is 13.0 Å². The Hall–Kier alpha value is -1.95. The van der Waals surface area contributed by atoms with Crippen molar-refractivity contribution in [3.8, 4) is 6.01 Å². The highest BCUT2D eigenvalue weighted by molar-refractivity contribution is 5.03. The standard InChI is InChI=1S/C15H20N4O2/c1-12-9-14(21-18-12)10-19-7-3-13(4-8-19)11-20-15-16-5-2-6-17-15/h2,5-6,9,13H,3-4,7-8,10-11H2,1H3. The van der Waals surface area contributed by atoms with Gasteiger partial charge in [0.05, 0.1) is 18.8 Å². The van der Waals surface area contributed by atoms with Crippen LogP contribution in [0.3, 0.4) is 0 Å². The van der Waals surface area contributed by atoms with E-state index in [1.165, 1.54) is 0 Å². The molecule has 6 heteroatoms. The number of aryl methyl sites for hydroxylation is 1. The van der Waals surface area contributed by atoms with Crippen LogP contribution in [0.1, 0.15) is 24.3 Å². The first-order valence-electron chi connectivity index (χ1n) is 7.34. The van der Waals surface area contributed by atoms with Gasteiger partial charge in [-0.25, -0.2) is 9.97 Å². The number of nitrogens with zero attached hydrogens (tertiary/aromatic N) is 4. The Balaban J connectivity index is 1.40. The van der Waals surface area contributed by atoms with Crippen molar-refractivity contribution in [2.75, 3.05) is 19.7 Å². The van der Waals surface area contributed by atoms with E-state index in [0.717, 1.165) is 43.9 Å².